The average molecular weight is 356 g/mol. The second-order valence-corrected chi connectivity index (χ2v) is 5.80. The van der Waals surface area contributed by atoms with Gasteiger partial charge in [-0.25, -0.2) is 0 Å². The number of nitrogens with one attached hydrogen (secondary N) is 1. The minimum atomic E-state index is -0.993. The van der Waals surface area contributed by atoms with Gasteiger partial charge < -0.3 is 16.3 Å². The monoisotopic (exact) mass is 355 g/mol. The Balaban J connectivity index is 3.14. The third-order valence-electron chi connectivity index (χ3n) is 3.94. The summed E-state index contributed by atoms with van der Waals surface area (Å²) in [5, 5.41) is 14.9. The molecule has 0 bridgehead atoms. The Morgan fingerprint density at radius 3 is 2.48 bits per heavy atom. The number of rotatable bonds is 6. The van der Waals surface area contributed by atoms with Crippen LogP contribution in [0.3, 0.4) is 0 Å². The van der Waals surface area contributed by atoms with Crippen molar-refractivity contribution in [3.63, 3.8) is 0 Å². The van der Waals surface area contributed by atoms with Gasteiger partial charge in [-0.1, -0.05) is 41.9 Å². The van der Waals surface area contributed by atoms with Crippen LogP contribution in [0, 0.1) is 5.41 Å². The first kappa shape index (κ1) is 17.5. The highest BCUT2D eigenvalue weighted by atomic mass is 79.9. The molecule has 0 aromatic heterocycles. The van der Waals surface area contributed by atoms with E-state index in [0.717, 1.165) is 22.1 Å². The minimum absolute atomic E-state index is 0.0554. The van der Waals surface area contributed by atoms with Crippen molar-refractivity contribution in [3.05, 3.63) is 28.2 Å². The molecule has 0 aliphatic carbocycles. The van der Waals surface area contributed by atoms with Crippen LogP contribution in [-0.2, 0) is 11.2 Å². The van der Waals surface area contributed by atoms with E-state index in [1.165, 1.54) is 0 Å². The van der Waals surface area contributed by atoms with Crippen molar-refractivity contribution in [1.82, 2.24) is 0 Å². The number of halogens is 1. The Bertz CT molecular complexity index is 540. The lowest BCUT2D eigenvalue weighted by Gasteiger charge is -2.29. The molecule has 0 radical (unpaired) electrons. The number of nitrogens with zero attached hydrogens (tertiary/aromatic N) is 1. The molecule has 0 atom stereocenters. The smallest absolute Gasteiger partial charge is 0.238 e. The zero-order valence-electron chi connectivity index (χ0n) is 12.6. The molecule has 5 nitrogen and oxygen atoms in total. The third kappa shape index (κ3) is 3.56. The van der Waals surface area contributed by atoms with E-state index in [1.807, 2.05) is 39.0 Å². The topological polar surface area (TPSA) is 87.7 Å². The van der Waals surface area contributed by atoms with E-state index in [1.54, 1.807) is 0 Å². The Morgan fingerprint density at radius 2 is 2.00 bits per heavy atom. The van der Waals surface area contributed by atoms with Crippen LogP contribution in [0.25, 0.3) is 0 Å². The fraction of sp³-hybridized carbons (Fsp3) is 0.467. The molecule has 0 aliphatic heterocycles. The second kappa shape index (κ2) is 7.45. The van der Waals surface area contributed by atoms with E-state index in [2.05, 4.69) is 26.4 Å². The number of amides is 1. The number of aryl methyl sites for hydroxylation is 1. The molecule has 0 saturated heterocycles. The number of hydrogen-bond acceptors (Lipinski definition) is 3. The van der Waals surface area contributed by atoms with Gasteiger partial charge in [0, 0.05) is 10.2 Å². The van der Waals surface area contributed by atoms with Gasteiger partial charge in [-0.2, -0.15) is 0 Å². The fourth-order valence-corrected chi connectivity index (χ4v) is 2.77. The van der Waals surface area contributed by atoms with Crippen LogP contribution in [0.1, 0.15) is 39.2 Å². The number of nitrogens with two attached hydrogens (primary N) is 1. The van der Waals surface area contributed by atoms with Crippen LogP contribution in [0.5, 0.6) is 0 Å². The van der Waals surface area contributed by atoms with E-state index < -0.39 is 5.41 Å². The van der Waals surface area contributed by atoms with Gasteiger partial charge in [0.2, 0.25) is 5.91 Å². The van der Waals surface area contributed by atoms with Gasteiger partial charge in [-0.05, 0) is 43.0 Å². The second-order valence-electron chi connectivity index (χ2n) is 4.88. The predicted octanol–water partition coefficient (Wildman–Crippen LogP) is 3.50. The SMILES string of the molecule is CCc1cc(Br)ccc1NC(=O)C(CC)(CC)/C(N)=N/O. The lowest BCUT2D eigenvalue weighted by molar-refractivity contribution is -0.122. The molecular weight excluding hydrogens is 334 g/mol. The Kier molecular flexibility index (Phi) is 6.20. The highest BCUT2D eigenvalue weighted by Gasteiger charge is 2.40. The van der Waals surface area contributed by atoms with Crippen LogP contribution >= 0.6 is 15.9 Å². The molecule has 1 aromatic carbocycles. The molecule has 0 heterocycles. The molecule has 6 heteroatoms. The zero-order chi connectivity index (χ0) is 16.0. The van der Waals surface area contributed by atoms with Crippen LogP contribution in [0.2, 0.25) is 0 Å². The number of hydrogen-bond donors (Lipinski definition) is 3. The molecule has 116 valence electrons. The summed E-state index contributed by atoms with van der Waals surface area (Å²) in [7, 11) is 0. The van der Waals surface area contributed by atoms with E-state index in [0.29, 0.717) is 12.8 Å². The summed E-state index contributed by atoms with van der Waals surface area (Å²) < 4.78 is 0.964. The van der Waals surface area contributed by atoms with Crippen molar-refractivity contribution in [1.29, 1.82) is 0 Å². The largest absolute Gasteiger partial charge is 0.409 e. The molecule has 21 heavy (non-hydrogen) atoms. The van der Waals surface area contributed by atoms with Crippen molar-refractivity contribution in [3.8, 4) is 0 Å². The molecule has 4 N–H and O–H groups in total. The summed E-state index contributed by atoms with van der Waals surface area (Å²) in [6.07, 6.45) is 1.72. The molecule has 0 unspecified atom stereocenters. The maximum absolute atomic E-state index is 12.7. The van der Waals surface area contributed by atoms with Crippen molar-refractivity contribution in [2.45, 2.75) is 40.0 Å². The predicted molar refractivity (Wildman–Crippen MR) is 88.6 cm³/mol. The molecule has 0 fully saturated rings. The van der Waals surface area contributed by atoms with E-state index in [9.17, 15) is 4.79 Å². The first-order valence-electron chi connectivity index (χ1n) is 7.03. The van der Waals surface area contributed by atoms with Gasteiger partial charge in [0.25, 0.3) is 0 Å². The molecule has 1 aromatic rings. The van der Waals surface area contributed by atoms with Gasteiger partial charge in [0.05, 0.1) is 0 Å². The van der Waals surface area contributed by atoms with Crippen molar-refractivity contribution < 1.29 is 10.0 Å². The van der Waals surface area contributed by atoms with Crippen LogP contribution in [0.15, 0.2) is 27.8 Å². The summed E-state index contributed by atoms with van der Waals surface area (Å²) in [6, 6.07) is 5.69. The average Bonchev–Trinajstić information content (AvgIpc) is 2.50. The lowest BCUT2D eigenvalue weighted by Crippen LogP contribution is -2.46. The van der Waals surface area contributed by atoms with Gasteiger partial charge >= 0.3 is 0 Å². The van der Waals surface area contributed by atoms with Gasteiger partial charge in [0.1, 0.15) is 5.41 Å². The van der Waals surface area contributed by atoms with Gasteiger partial charge in [0.15, 0.2) is 5.84 Å². The number of amidine groups is 1. The summed E-state index contributed by atoms with van der Waals surface area (Å²) in [4.78, 5) is 12.7. The number of benzene rings is 1. The summed E-state index contributed by atoms with van der Waals surface area (Å²) in [5.74, 6) is -0.306. The first-order valence-corrected chi connectivity index (χ1v) is 7.82. The van der Waals surface area contributed by atoms with E-state index in [4.69, 9.17) is 10.9 Å². The number of carbonyl (C=O) groups excluding carboxylic acids is 1. The molecule has 0 saturated carbocycles. The highest BCUT2D eigenvalue weighted by Crippen LogP contribution is 2.30. The van der Waals surface area contributed by atoms with E-state index in [-0.39, 0.29) is 11.7 Å². The Morgan fingerprint density at radius 1 is 1.38 bits per heavy atom. The quantitative estimate of drug-likeness (QED) is 0.315. The third-order valence-corrected chi connectivity index (χ3v) is 4.43. The summed E-state index contributed by atoms with van der Waals surface area (Å²) in [6.45, 7) is 5.72. The van der Waals surface area contributed by atoms with Crippen molar-refractivity contribution >= 4 is 33.4 Å². The van der Waals surface area contributed by atoms with Crippen LogP contribution in [0.4, 0.5) is 5.69 Å². The molecule has 0 spiro atoms. The van der Waals surface area contributed by atoms with Crippen LogP contribution < -0.4 is 11.1 Å². The lowest BCUT2D eigenvalue weighted by atomic mass is 9.80. The number of oxime groups is 1. The maximum atomic E-state index is 12.7. The Hall–Kier alpha value is -1.56. The molecule has 1 amide bonds. The number of anilines is 1. The van der Waals surface area contributed by atoms with Gasteiger partial charge in [-0.3, -0.25) is 4.79 Å². The minimum Gasteiger partial charge on any atom is -0.409 e. The maximum Gasteiger partial charge on any atom is 0.238 e. The molecule has 1 rings (SSSR count). The summed E-state index contributed by atoms with van der Waals surface area (Å²) >= 11 is 3.42. The normalized spacial score (nSPS) is 12.3. The van der Waals surface area contributed by atoms with E-state index >= 15 is 0 Å². The summed E-state index contributed by atoms with van der Waals surface area (Å²) in [5.41, 5.74) is 6.54. The van der Waals surface area contributed by atoms with Crippen molar-refractivity contribution in [2.75, 3.05) is 5.32 Å². The Labute approximate surface area is 133 Å². The fourth-order valence-electron chi connectivity index (χ4n) is 2.36. The molecule has 0 aliphatic rings. The molecular formula is C15H22BrN3O2. The first-order chi connectivity index (χ1) is 9.94. The van der Waals surface area contributed by atoms with Gasteiger partial charge in [-0.15, -0.1) is 0 Å². The number of carbonyl (C=O) groups is 1. The zero-order valence-corrected chi connectivity index (χ0v) is 14.2. The van der Waals surface area contributed by atoms with Crippen molar-refractivity contribution in [2.24, 2.45) is 16.3 Å². The highest BCUT2D eigenvalue weighted by molar-refractivity contribution is 9.10. The standard InChI is InChI=1S/C15H22BrN3O2/c1-4-10-9-11(16)7-8-12(10)18-14(20)15(5-2,6-3)13(17)19-21/h7-9,21H,4-6H2,1-3H3,(H2,17,19)(H,18,20). The van der Waals surface area contributed by atoms with Crippen LogP contribution in [-0.4, -0.2) is 17.0 Å².